The summed E-state index contributed by atoms with van der Waals surface area (Å²) in [7, 11) is 0. The number of nitrogens with zero attached hydrogens (tertiary/aromatic N) is 1. The number of rotatable bonds is 1. The largest absolute Gasteiger partial charge is 0.207 e. The van der Waals surface area contributed by atoms with Crippen molar-refractivity contribution in [2.75, 3.05) is 0 Å². The Morgan fingerprint density at radius 2 is 1.93 bits per heavy atom. The molecule has 0 aliphatic heterocycles. The molecule has 0 bridgehead atoms. The SMILES string of the molecule is N#CC1(c2cc(Cl)c(F)cc2F)CCC1. The molecule has 0 radical (unpaired) electrons. The molecule has 0 aromatic heterocycles. The predicted molar refractivity (Wildman–Crippen MR) is 52.5 cm³/mol. The van der Waals surface area contributed by atoms with E-state index in [-0.39, 0.29) is 10.6 Å². The van der Waals surface area contributed by atoms with Crippen LogP contribution in [0, 0.1) is 23.0 Å². The van der Waals surface area contributed by atoms with Crippen LogP contribution in [0.4, 0.5) is 8.78 Å². The first-order valence-corrected chi connectivity index (χ1v) is 5.03. The second-order valence-electron chi connectivity index (χ2n) is 3.79. The van der Waals surface area contributed by atoms with Gasteiger partial charge in [-0.15, -0.1) is 0 Å². The van der Waals surface area contributed by atoms with Gasteiger partial charge >= 0.3 is 0 Å². The predicted octanol–water partition coefficient (Wildman–Crippen LogP) is 3.56. The van der Waals surface area contributed by atoms with Gasteiger partial charge in [0.1, 0.15) is 11.6 Å². The van der Waals surface area contributed by atoms with Crippen molar-refractivity contribution in [3.63, 3.8) is 0 Å². The Bertz CT molecular complexity index is 447. The molecule has 0 heterocycles. The zero-order chi connectivity index (χ0) is 11.1. The van der Waals surface area contributed by atoms with Crippen LogP contribution in [-0.2, 0) is 5.41 Å². The van der Waals surface area contributed by atoms with Gasteiger partial charge in [-0.1, -0.05) is 11.6 Å². The van der Waals surface area contributed by atoms with E-state index in [4.69, 9.17) is 16.9 Å². The highest BCUT2D eigenvalue weighted by molar-refractivity contribution is 6.30. The molecule has 4 heteroatoms. The first kappa shape index (κ1) is 10.4. The molecule has 0 spiro atoms. The van der Waals surface area contributed by atoms with Crippen LogP contribution >= 0.6 is 11.6 Å². The van der Waals surface area contributed by atoms with E-state index in [9.17, 15) is 8.78 Å². The van der Waals surface area contributed by atoms with Gasteiger partial charge in [-0.25, -0.2) is 8.78 Å². The Morgan fingerprint density at radius 1 is 1.27 bits per heavy atom. The molecule has 0 saturated heterocycles. The Balaban J connectivity index is 2.54. The Kier molecular flexibility index (Phi) is 2.40. The molecular formula is C11H8ClF2N. The summed E-state index contributed by atoms with van der Waals surface area (Å²) in [6.45, 7) is 0. The van der Waals surface area contributed by atoms with Crippen LogP contribution in [0.3, 0.4) is 0 Å². The zero-order valence-electron chi connectivity index (χ0n) is 7.86. The number of nitriles is 1. The standard InChI is InChI=1S/C11H8ClF2N/c12-8-4-7(9(13)5-10(8)14)11(6-15)2-1-3-11/h4-5H,1-3H2. The van der Waals surface area contributed by atoms with Gasteiger partial charge in [-0.05, 0) is 25.3 Å². The monoisotopic (exact) mass is 227 g/mol. The average molecular weight is 228 g/mol. The molecule has 1 aromatic carbocycles. The Morgan fingerprint density at radius 3 is 2.40 bits per heavy atom. The zero-order valence-corrected chi connectivity index (χ0v) is 8.61. The molecule has 78 valence electrons. The van der Waals surface area contributed by atoms with Crippen LogP contribution < -0.4 is 0 Å². The summed E-state index contributed by atoms with van der Waals surface area (Å²) < 4.78 is 26.4. The number of hydrogen-bond acceptors (Lipinski definition) is 1. The van der Waals surface area contributed by atoms with E-state index in [2.05, 4.69) is 6.07 Å². The highest BCUT2D eigenvalue weighted by atomic mass is 35.5. The fourth-order valence-corrected chi connectivity index (χ4v) is 2.02. The Hall–Kier alpha value is -1.14. The van der Waals surface area contributed by atoms with Crippen molar-refractivity contribution in [2.45, 2.75) is 24.7 Å². The third-order valence-electron chi connectivity index (χ3n) is 2.95. The minimum absolute atomic E-state index is 0.132. The summed E-state index contributed by atoms with van der Waals surface area (Å²) in [5.74, 6) is -1.47. The molecule has 0 atom stereocenters. The van der Waals surface area contributed by atoms with E-state index < -0.39 is 17.0 Å². The molecule has 1 aromatic rings. The van der Waals surface area contributed by atoms with Crippen LogP contribution in [0.5, 0.6) is 0 Å². The van der Waals surface area contributed by atoms with Crippen molar-refractivity contribution in [2.24, 2.45) is 0 Å². The number of benzene rings is 1. The van der Waals surface area contributed by atoms with Crippen molar-refractivity contribution in [3.8, 4) is 6.07 Å². The normalized spacial score (nSPS) is 18.0. The molecule has 1 aliphatic carbocycles. The topological polar surface area (TPSA) is 23.8 Å². The Labute approximate surface area is 91.3 Å². The van der Waals surface area contributed by atoms with Gasteiger partial charge in [0, 0.05) is 11.6 Å². The van der Waals surface area contributed by atoms with Crippen molar-refractivity contribution in [1.82, 2.24) is 0 Å². The second kappa shape index (κ2) is 3.46. The van der Waals surface area contributed by atoms with E-state index >= 15 is 0 Å². The van der Waals surface area contributed by atoms with Crippen molar-refractivity contribution in [3.05, 3.63) is 34.4 Å². The number of hydrogen-bond donors (Lipinski definition) is 0. The summed E-state index contributed by atoms with van der Waals surface area (Å²) in [5.41, 5.74) is -0.566. The molecule has 1 nitrogen and oxygen atoms in total. The third kappa shape index (κ3) is 1.49. The van der Waals surface area contributed by atoms with E-state index in [0.717, 1.165) is 12.5 Å². The summed E-state index contributed by atoms with van der Waals surface area (Å²) in [6, 6.07) is 4.07. The highest BCUT2D eigenvalue weighted by Gasteiger charge is 2.41. The molecule has 15 heavy (non-hydrogen) atoms. The quantitative estimate of drug-likeness (QED) is 0.673. The summed E-state index contributed by atoms with van der Waals surface area (Å²) in [5, 5.41) is 8.89. The minimum atomic E-state index is -0.790. The van der Waals surface area contributed by atoms with Crippen molar-refractivity contribution < 1.29 is 8.78 Å². The first-order chi connectivity index (χ1) is 7.09. The van der Waals surface area contributed by atoms with Gasteiger partial charge in [0.15, 0.2) is 0 Å². The molecule has 2 rings (SSSR count). The lowest BCUT2D eigenvalue weighted by atomic mass is 9.65. The van der Waals surface area contributed by atoms with Crippen LogP contribution in [-0.4, -0.2) is 0 Å². The van der Waals surface area contributed by atoms with E-state index in [1.54, 1.807) is 0 Å². The molecule has 0 unspecified atom stereocenters. The van der Waals surface area contributed by atoms with Crippen molar-refractivity contribution >= 4 is 11.6 Å². The van der Waals surface area contributed by atoms with Gasteiger partial charge in [0.2, 0.25) is 0 Å². The molecule has 1 aliphatic rings. The maximum absolute atomic E-state index is 13.5. The average Bonchev–Trinajstić information content (AvgIpc) is 2.12. The van der Waals surface area contributed by atoms with Gasteiger partial charge in [0.25, 0.3) is 0 Å². The fraction of sp³-hybridized carbons (Fsp3) is 0.364. The minimum Gasteiger partial charge on any atom is -0.207 e. The molecule has 1 saturated carbocycles. The summed E-state index contributed by atoms with van der Waals surface area (Å²) in [6.07, 6.45) is 2.12. The van der Waals surface area contributed by atoms with Crippen LogP contribution in [0.25, 0.3) is 0 Å². The van der Waals surface area contributed by atoms with Crippen molar-refractivity contribution in [1.29, 1.82) is 5.26 Å². The lowest BCUT2D eigenvalue weighted by Gasteiger charge is -2.35. The second-order valence-corrected chi connectivity index (χ2v) is 4.20. The molecule has 0 N–H and O–H groups in total. The lowest BCUT2D eigenvalue weighted by molar-refractivity contribution is 0.312. The van der Waals surface area contributed by atoms with E-state index in [1.165, 1.54) is 6.07 Å². The molecular weight excluding hydrogens is 220 g/mol. The van der Waals surface area contributed by atoms with Gasteiger partial charge in [0.05, 0.1) is 16.5 Å². The third-order valence-corrected chi connectivity index (χ3v) is 3.24. The van der Waals surface area contributed by atoms with Gasteiger partial charge in [-0.3, -0.25) is 0 Å². The lowest BCUT2D eigenvalue weighted by Crippen LogP contribution is -2.33. The maximum atomic E-state index is 13.5. The van der Waals surface area contributed by atoms with Gasteiger partial charge in [-0.2, -0.15) is 5.26 Å². The molecule has 1 fully saturated rings. The first-order valence-electron chi connectivity index (χ1n) is 4.65. The molecule has 0 amide bonds. The van der Waals surface area contributed by atoms with E-state index in [1.807, 2.05) is 0 Å². The van der Waals surface area contributed by atoms with E-state index in [0.29, 0.717) is 12.8 Å². The van der Waals surface area contributed by atoms with Gasteiger partial charge < -0.3 is 0 Å². The van der Waals surface area contributed by atoms with Crippen LogP contribution in [0.1, 0.15) is 24.8 Å². The number of halogens is 3. The maximum Gasteiger partial charge on any atom is 0.144 e. The summed E-state index contributed by atoms with van der Waals surface area (Å²) >= 11 is 5.58. The van der Waals surface area contributed by atoms with Crippen LogP contribution in [0.15, 0.2) is 12.1 Å². The van der Waals surface area contributed by atoms with Crippen LogP contribution in [0.2, 0.25) is 5.02 Å². The summed E-state index contributed by atoms with van der Waals surface area (Å²) in [4.78, 5) is 0. The smallest absolute Gasteiger partial charge is 0.144 e. The highest BCUT2D eigenvalue weighted by Crippen LogP contribution is 2.44. The fourth-order valence-electron chi connectivity index (χ4n) is 1.86.